The van der Waals surface area contributed by atoms with Gasteiger partial charge in [0.1, 0.15) is 5.82 Å². The Morgan fingerprint density at radius 2 is 1.85 bits per heavy atom. The summed E-state index contributed by atoms with van der Waals surface area (Å²) in [5, 5.41) is 2.48. The predicted octanol–water partition coefficient (Wildman–Crippen LogP) is 3.99. The summed E-state index contributed by atoms with van der Waals surface area (Å²) < 4.78 is 32.2. The van der Waals surface area contributed by atoms with Crippen LogP contribution in [0.25, 0.3) is 0 Å². The molecule has 2 aromatic carbocycles. The summed E-state index contributed by atoms with van der Waals surface area (Å²) >= 11 is 3.17. The van der Waals surface area contributed by atoms with Crippen molar-refractivity contribution in [2.24, 2.45) is 0 Å². The van der Waals surface area contributed by atoms with Crippen LogP contribution in [-0.4, -0.2) is 13.0 Å². The van der Waals surface area contributed by atoms with Crippen molar-refractivity contribution in [1.29, 1.82) is 0 Å². The van der Waals surface area contributed by atoms with Crippen molar-refractivity contribution in [1.82, 2.24) is 0 Å². The SMILES string of the molecule is COc1cc(NC(=O)c2cc(Br)ccc2F)ccc1F. The summed E-state index contributed by atoms with van der Waals surface area (Å²) in [6, 6.07) is 7.89. The van der Waals surface area contributed by atoms with Crippen molar-refractivity contribution >= 4 is 27.5 Å². The van der Waals surface area contributed by atoms with E-state index < -0.39 is 17.5 Å². The molecular formula is C14H10BrF2NO2. The van der Waals surface area contributed by atoms with Gasteiger partial charge in [-0.3, -0.25) is 4.79 Å². The molecule has 0 radical (unpaired) electrons. The second-order valence-electron chi connectivity index (χ2n) is 3.93. The monoisotopic (exact) mass is 341 g/mol. The first-order valence-corrected chi connectivity index (χ1v) is 6.40. The number of carbonyl (C=O) groups excluding carboxylic acids is 1. The average Bonchev–Trinajstić information content (AvgIpc) is 2.43. The van der Waals surface area contributed by atoms with Crippen molar-refractivity contribution in [3.8, 4) is 5.75 Å². The zero-order valence-electron chi connectivity index (χ0n) is 10.4. The maximum absolute atomic E-state index is 13.6. The summed E-state index contributed by atoms with van der Waals surface area (Å²) in [6.07, 6.45) is 0. The largest absolute Gasteiger partial charge is 0.494 e. The van der Waals surface area contributed by atoms with Crippen molar-refractivity contribution in [2.75, 3.05) is 12.4 Å². The Hall–Kier alpha value is -1.95. The number of ether oxygens (including phenoxy) is 1. The molecule has 1 N–H and O–H groups in total. The molecule has 2 aromatic rings. The van der Waals surface area contributed by atoms with Gasteiger partial charge in [-0.2, -0.15) is 0 Å². The molecule has 0 saturated carbocycles. The van der Waals surface area contributed by atoms with Gasteiger partial charge >= 0.3 is 0 Å². The number of carbonyl (C=O) groups is 1. The van der Waals surface area contributed by atoms with E-state index in [2.05, 4.69) is 21.2 Å². The van der Waals surface area contributed by atoms with E-state index >= 15 is 0 Å². The Balaban J connectivity index is 2.25. The quantitative estimate of drug-likeness (QED) is 0.916. The van der Waals surface area contributed by atoms with E-state index in [1.807, 2.05) is 0 Å². The third-order valence-corrected chi connectivity index (χ3v) is 3.08. The fraction of sp³-hybridized carbons (Fsp3) is 0.0714. The van der Waals surface area contributed by atoms with Crippen LogP contribution in [0.15, 0.2) is 40.9 Å². The number of benzene rings is 2. The molecule has 0 fully saturated rings. The van der Waals surface area contributed by atoms with Crippen LogP contribution in [0.4, 0.5) is 14.5 Å². The average molecular weight is 342 g/mol. The molecule has 0 heterocycles. The minimum atomic E-state index is -0.639. The highest BCUT2D eigenvalue weighted by Crippen LogP contribution is 2.23. The van der Waals surface area contributed by atoms with Crippen LogP contribution in [0.5, 0.6) is 5.75 Å². The normalized spacial score (nSPS) is 10.2. The highest BCUT2D eigenvalue weighted by atomic mass is 79.9. The molecule has 0 atom stereocenters. The molecular weight excluding hydrogens is 332 g/mol. The second kappa shape index (κ2) is 6.00. The molecule has 20 heavy (non-hydrogen) atoms. The van der Waals surface area contributed by atoms with E-state index in [0.717, 1.165) is 6.07 Å². The Labute approximate surface area is 122 Å². The van der Waals surface area contributed by atoms with Crippen LogP contribution in [0, 0.1) is 11.6 Å². The van der Waals surface area contributed by atoms with E-state index in [-0.39, 0.29) is 11.3 Å². The summed E-state index contributed by atoms with van der Waals surface area (Å²) in [5.41, 5.74) is 0.204. The van der Waals surface area contributed by atoms with Crippen molar-refractivity contribution in [3.05, 3.63) is 58.1 Å². The molecule has 6 heteroatoms. The number of amides is 1. The highest BCUT2D eigenvalue weighted by molar-refractivity contribution is 9.10. The lowest BCUT2D eigenvalue weighted by Gasteiger charge is -2.08. The number of anilines is 1. The lowest BCUT2D eigenvalue weighted by atomic mass is 10.2. The van der Waals surface area contributed by atoms with Gasteiger partial charge in [-0.25, -0.2) is 8.78 Å². The maximum Gasteiger partial charge on any atom is 0.258 e. The van der Waals surface area contributed by atoms with E-state index in [1.54, 1.807) is 0 Å². The van der Waals surface area contributed by atoms with Gasteiger partial charge in [0.25, 0.3) is 5.91 Å². The van der Waals surface area contributed by atoms with Gasteiger partial charge in [0.2, 0.25) is 0 Å². The molecule has 0 saturated heterocycles. The van der Waals surface area contributed by atoms with Gasteiger partial charge < -0.3 is 10.1 Å². The third-order valence-electron chi connectivity index (χ3n) is 2.58. The number of methoxy groups -OCH3 is 1. The fourth-order valence-corrected chi connectivity index (χ4v) is 1.97. The first-order valence-electron chi connectivity index (χ1n) is 5.61. The van der Waals surface area contributed by atoms with Crippen LogP contribution in [-0.2, 0) is 0 Å². The van der Waals surface area contributed by atoms with E-state index in [0.29, 0.717) is 10.2 Å². The number of rotatable bonds is 3. The molecule has 0 unspecified atom stereocenters. The second-order valence-corrected chi connectivity index (χ2v) is 4.84. The van der Waals surface area contributed by atoms with Gasteiger partial charge in [0, 0.05) is 16.2 Å². The van der Waals surface area contributed by atoms with Gasteiger partial charge in [0.05, 0.1) is 12.7 Å². The van der Waals surface area contributed by atoms with Crippen LogP contribution in [0.2, 0.25) is 0 Å². The van der Waals surface area contributed by atoms with Crippen LogP contribution in [0.1, 0.15) is 10.4 Å². The van der Waals surface area contributed by atoms with Crippen molar-refractivity contribution in [2.45, 2.75) is 0 Å². The van der Waals surface area contributed by atoms with E-state index in [1.165, 1.54) is 37.4 Å². The zero-order chi connectivity index (χ0) is 14.7. The van der Waals surface area contributed by atoms with E-state index in [4.69, 9.17) is 4.74 Å². The molecule has 0 aliphatic rings. The smallest absolute Gasteiger partial charge is 0.258 e. The minimum absolute atomic E-state index is 0.00230. The number of hydrogen-bond donors (Lipinski definition) is 1. The Bertz CT molecular complexity index is 662. The molecule has 0 aliphatic heterocycles. The molecule has 0 aromatic heterocycles. The van der Waals surface area contributed by atoms with Gasteiger partial charge in [0.15, 0.2) is 11.6 Å². The molecule has 0 bridgehead atoms. The number of halogens is 3. The van der Waals surface area contributed by atoms with Gasteiger partial charge in [-0.15, -0.1) is 0 Å². The summed E-state index contributed by atoms with van der Waals surface area (Å²) in [7, 11) is 1.32. The topological polar surface area (TPSA) is 38.3 Å². The highest BCUT2D eigenvalue weighted by Gasteiger charge is 2.13. The predicted molar refractivity (Wildman–Crippen MR) is 75.0 cm³/mol. The van der Waals surface area contributed by atoms with Gasteiger partial charge in [-0.1, -0.05) is 15.9 Å². The molecule has 3 nitrogen and oxygen atoms in total. The molecule has 2 rings (SSSR count). The number of hydrogen-bond acceptors (Lipinski definition) is 2. The third kappa shape index (κ3) is 3.14. The molecule has 0 aliphatic carbocycles. The van der Waals surface area contributed by atoms with E-state index in [9.17, 15) is 13.6 Å². The summed E-state index contributed by atoms with van der Waals surface area (Å²) in [5.74, 6) is -1.81. The first kappa shape index (κ1) is 14.5. The maximum atomic E-state index is 13.6. The Morgan fingerprint density at radius 1 is 1.15 bits per heavy atom. The van der Waals surface area contributed by atoms with Crippen LogP contribution < -0.4 is 10.1 Å². The summed E-state index contributed by atoms with van der Waals surface area (Å²) in [4.78, 5) is 12.0. The fourth-order valence-electron chi connectivity index (χ4n) is 1.61. The lowest BCUT2D eigenvalue weighted by Crippen LogP contribution is -2.14. The zero-order valence-corrected chi connectivity index (χ0v) is 12.0. The van der Waals surface area contributed by atoms with Gasteiger partial charge in [-0.05, 0) is 30.3 Å². The Morgan fingerprint density at radius 3 is 2.55 bits per heavy atom. The molecule has 0 spiro atoms. The van der Waals surface area contributed by atoms with Crippen LogP contribution in [0.3, 0.4) is 0 Å². The summed E-state index contributed by atoms with van der Waals surface area (Å²) in [6.45, 7) is 0. The van der Waals surface area contributed by atoms with Crippen molar-refractivity contribution < 1.29 is 18.3 Å². The standard InChI is InChI=1S/C14H10BrF2NO2/c1-20-13-7-9(3-5-12(13)17)18-14(19)10-6-8(15)2-4-11(10)16/h2-7H,1H3,(H,18,19). The number of nitrogens with one attached hydrogen (secondary N) is 1. The lowest BCUT2D eigenvalue weighted by molar-refractivity contribution is 0.102. The Kier molecular flexibility index (Phi) is 4.34. The first-order chi connectivity index (χ1) is 9.51. The molecule has 104 valence electrons. The van der Waals surface area contributed by atoms with Crippen LogP contribution >= 0.6 is 15.9 Å². The van der Waals surface area contributed by atoms with Crippen molar-refractivity contribution in [3.63, 3.8) is 0 Å². The molecule has 1 amide bonds. The minimum Gasteiger partial charge on any atom is -0.494 e.